The van der Waals surface area contributed by atoms with E-state index in [2.05, 4.69) is 16.6 Å². The molecular weight excluding hydrogens is 256 g/mol. The lowest BCUT2D eigenvalue weighted by atomic mass is 10.1. The summed E-state index contributed by atoms with van der Waals surface area (Å²) in [7, 11) is 1.31. The summed E-state index contributed by atoms with van der Waals surface area (Å²) in [6.07, 6.45) is 5.08. The Labute approximate surface area is 118 Å². The predicted molar refractivity (Wildman–Crippen MR) is 75.6 cm³/mol. The third-order valence-electron chi connectivity index (χ3n) is 2.74. The van der Waals surface area contributed by atoms with Crippen LogP contribution in [-0.2, 0) is 14.3 Å². The van der Waals surface area contributed by atoms with Crippen LogP contribution in [0.4, 0.5) is 0 Å². The predicted octanol–water partition coefficient (Wildman–Crippen LogP) is 0.628. The average molecular weight is 274 g/mol. The minimum atomic E-state index is -0.701. The molecule has 0 aromatic heterocycles. The van der Waals surface area contributed by atoms with E-state index in [1.54, 1.807) is 19.1 Å². The molecule has 2 atom stereocenters. The Balaban J connectivity index is 2.79. The van der Waals surface area contributed by atoms with Crippen molar-refractivity contribution in [2.45, 2.75) is 19.0 Å². The number of amides is 1. The van der Waals surface area contributed by atoms with Crippen molar-refractivity contribution in [3.63, 3.8) is 0 Å². The molecule has 1 aromatic carbocycles. The van der Waals surface area contributed by atoms with Gasteiger partial charge in [-0.25, -0.2) is 4.79 Å². The SMILES string of the molecule is C#CCNC(=O)C(C)NC(C(=O)OC)c1ccccc1. The van der Waals surface area contributed by atoms with Gasteiger partial charge in [-0.05, 0) is 12.5 Å². The summed E-state index contributed by atoms with van der Waals surface area (Å²) in [4.78, 5) is 23.6. The van der Waals surface area contributed by atoms with Crippen LogP contribution in [0.25, 0.3) is 0 Å². The molecule has 1 amide bonds. The highest BCUT2D eigenvalue weighted by Crippen LogP contribution is 2.14. The molecule has 0 saturated carbocycles. The summed E-state index contributed by atoms with van der Waals surface area (Å²) >= 11 is 0. The molecule has 0 aliphatic heterocycles. The number of terminal acetylenes is 1. The van der Waals surface area contributed by atoms with Crippen LogP contribution in [-0.4, -0.2) is 31.6 Å². The van der Waals surface area contributed by atoms with Gasteiger partial charge in [0.05, 0.1) is 19.7 Å². The van der Waals surface area contributed by atoms with Gasteiger partial charge in [0.2, 0.25) is 5.91 Å². The van der Waals surface area contributed by atoms with E-state index in [4.69, 9.17) is 11.2 Å². The number of hydrogen-bond acceptors (Lipinski definition) is 4. The second-order valence-corrected chi connectivity index (χ2v) is 4.18. The summed E-state index contributed by atoms with van der Waals surface area (Å²) in [6.45, 7) is 1.81. The summed E-state index contributed by atoms with van der Waals surface area (Å²) < 4.78 is 4.76. The van der Waals surface area contributed by atoms with Gasteiger partial charge in [-0.1, -0.05) is 36.3 Å². The highest BCUT2D eigenvalue weighted by molar-refractivity contribution is 5.83. The van der Waals surface area contributed by atoms with Gasteiger partial charge in [-0.2, -0.15) is 0 Å². The highest BCUT2D eigenvalue weighted by atomic mass is 16.5. The first-order valence-corrected chi connectivity index (χ1v) is 6.20. The van der Waals surface area contributed by atoms with Gasteiger partial charge in [-0.15, -0.1) is 6.42 Å². The molecule has 0 aliphatic rings. The minimum absolute atomic E-state index is 0.152. The molecule has 0 saturated heterocycles. The number of nitrogens with one attached hydrogen (secondary N) is 2. The lowest BCUT2D eigenvalue weighted by molar-refractivity contribution is -0.143. The molecule has 5 nitrogen and oxygen atoms in total. The van der Waals surface area contributed by atoms with E-state index in [0.29, 0.717) is 0 Å². The Kier molecular flexibility index (Phi) is 6.27. The fourth-order valence-corrected chi connectivity index (χ4v) is 1.68. The maximum absolute atomic E-state index is 11.8. The van der Waals surface area contributed by atoms with Gasteiger partial charge in [0, 0.05) is 0 Å². The van der Waals surface area contributed by atoms with E-state index in [1.807, 2.05) is 18.2 Å². The van der Waals surface area contributed by atoms with Crippen molar-refractivity contribution in [3.05, 3.63) is 35.9 Å². The molecule has 0 fully saturated rings. The summed E-state index contributed by atoms with van der Waals surface area (Å²) in [6, 6.07) is 7.79. The summed E-state index contributed by atoms with van der Waals surface area (Å²) in [5.74, 6) is 1.60. The van der Waals surface area contributed by atoms with Crippen LogP contribution >= 0.6 is 0 Å². The topological polar surface area (TPSA) is 67.4 Å². The largest absolute Gasteiger partial charge is 0.468 e. The number of methoxy groups -OCH3 is 1. The summed E-state index contributed by atoms with van der Waals surface area (Å²) in [5, 5.41) is 5.49. The van der Waals surface area contributed by atoms with E-state index < -0.39 is 18.1 Å². The third kappa shape index (κ3) is 4.41. The lowest BCUT2D eigenvalue weighted by Crippen LogP contribution is -2.45. The number of ether oxygens (including phenoxy) is 1. The second kappa shape index (κ2) is 7.97. The quantitative estimate of drug-likeness (QED) is 0.590. The van der Waals surface area contributed by atoms with Crippen molar-refractivity contribution in [1.29, 1.82) is 0 Å². The first-order chi connectivity index (χ1) is 9.60. The zero-order valence-electron chi connectivity index (χ0n) is 11.6. The minimum Gasteiger partial charge on any atom is -0.468 e. The molecule has 106 valence electrons. The van der Waals surface area contributed by atoms with E-state index in [1.165, 1.54) is 7.11 Å². The van der Waals surface area contributed by atoms with Crippen molar-refractivity contribution >= 4 is 11.9 Å². The maximum Gasteiger partial charge on any atom is 0.327 e. The van der Waals surface area contributed by atoms with Gasteiger partial charge >= 0.3 is 5.97 Å². The number of carbonyl (C=O) groups excluding carboxylic acids is 2. The average Bonchev–Trinajstić information content (AvgIpc) is 2.49. The molecule has 0 heterocycles. The Morgan fingerprint density at radius 3 is 2.55 bits per heavy atom. The first-order valence-electron chi connectivity index (χ1n) is 6.20. The standard InChI is InChI=1S/C15H18N2O3/c1-4-10-16-14(18)11(2)17-13(15(19)20-3)12-8-6-5-7-9-12/h1,5-9,11,13,17H,10H2,2-3H3,(H,16,18). The van der Waals surface area contributed by atoms with E-state index >= 15 is 0 Å². The molecule has 0 radical (unpaired) electrons. The molecule has 0 bridgehead atoms. The van der Waals surface area contributed by atoms with Crippen LogP contribution in [0.15, 0.2) is 30.3 Å². The number of rotatable bonds is 6. The van der Waals surface area contributed by atoms with Gasteiger partial charge in [0.25, 0.3) is 0 Å². The van der Waals surface area contributed by atoms with Gasteiger partial charge < -0.3 is 10.1 Å². The maximum atomic E-state index is 11.8. The van der Waals surface area contributed by atoms with Crippen molar-refractivity contribution in [1.82, 2.24) is 10.6 Å². The first kappa shape index (κ1) is 15.7. The third-order valence-corrected chi connectivity index (χ3v) is 2.74. The number of hydrogen-bond donors (Lipinski definition) is 2. The van der Waals surface area contributed by atoms with Gasteiger partial charge in [-0.3, -0.25) is 10.1 Å². The monoisotopic (exact) mass is 274 g/mol. The van der Waals surface area contributed by atoms with Gasteiger partial charge in [0.15, 0.2) is 0 Å². The van der Waals surface area contributed by atoms with Gasteiger partial charge in [0.1, 0.15) is 6.04 Å². The van der Waals surface area contributed by atoms with E-state index in [9.17, 15) is 9.59 Å². The van der Waals surface area contributed by atoms with E-state index in [-0.39, 0.29) is 12.5 Å². The molecule has 2 N–H and O–H groups in total. The van der Waals surface area contributed by atoms with Crippen LogP contribution in [0, 0.1) is 12.3 Å². The molecule has 0 spiro atoms. The molecule has 1 aromatic rings. The number of carbonyl (C=O) groups is 2. The van der Waals surface area contributed by atoms with Crippen LogP contribution in [0.1, 0.15) is 18.5 Å². The Morgan fingerprint density at radius 1 is 1.35 bits per heavy atom. The Morgan fingerprint density at radius 2 is 2.00 bits per heavy atom. The van der Waals surface area contributed by atoms with Crippen LogP contribution in [0.3, 0.4) is 0 Å². The molecule has 0 aliphatic carbocycles. The van der Waals surface area contributed by atoms with Crippen molar-refractivity contribution in [2.75, 3.05) is 13.7 Å². The molecule has 20 heavy (non-hydrogen) atoms. The second-order valence-electron chi connectivity index (χ2n) is 4.18. The molecular formula is C15H18N2O3. The molecule has 5 heteroatoms. The van der Waals surface area contributed by atoms with Crippen molar-refractivity contribution < 1.29 is 14.3 Å². The smallest absolute Gasteiger partial charge is 0.327 e. The highest BCUT2D eigenvalue weighted by Gasteiger charge is 2.25. The zero-order chi connectivity index (χ0) is 15.0. The van der Waals surface area contributed by atoms with E-state index in [0.717, 1.165) is 5.56 Å². The fourth-order valence-electron chi connectivity index (χ4n) is 1.68. The van der Waals surface area contributed by atoms with Crippen molar-refractivity contribution in [3.8, 4) is 12.3 Å². The van der Waals surface area contributed by atoms with Crippen molar-refractivity contribution in [2.24, 2.45) is 0 Å². The Bertz CT molecular complexity index is 494. The summed E-state index contributed by atoms with van der Waals surface area (Å²) in [5.41, 5.74) is 0.732. The van der Waals surface area contributed by atoms with Crippen LogP contribution in [0.2, 0.25) is 0 Å². The number of benzene rings is 1. The zero-order valence-corrected chi connectivity index (χ0v) is 11.6. The fraction of sp³-hybridized carbons (Fsp3) is 0.333. The molecule has 2 unspecified atom stereocenters. The lowest BCUT2D eigenvalue weighted by Gasteiger charge is -2.21. The van der Waals surface area contributed by atoms with Crippen LogP contribution in [0.5, 0.6) is 0 Å². The van der Waals surface area contributed by atoms with Crippen LogP contribution < -0.4 is 10.6 Å². The number of esters is 1. The normalized spacial score (nSPS) is 12.8. The molecule has 1 rings (SSSR count). The Hall–Kier alpha value is -2.32.